The van der Waals surface area contributed by atoms with E-state index in [4.69, 9.17) is 14.2 Å². The van der Waals surface area contributed by atoms with Gasteiger partial charge in [-0.15, -0.1) is 0 Å². The summed E-state index contributed by atoms with van der Waals surface area (Å²) in [6, 6.07) is 5.47. The van der Waals surface area contributed by atoms with Gasteiger partial charge in [0.1, 0.15) is 0 Å². The van der Waals surface area contributed by atoms with E-state index < -0.39 is 0 Å². The normalized spacial score (nSPS) is 10.4. The minimum Gasteiger partial charge on any atom is -0.493 e. The number of methoxy groups -OCH3 is 2. The molecule has 1 rings (SSSR count). The summed E-state index contributed by atoms with van der Waals surface area (Å²) in [7, 11) is 3.13. The first-order chi connectivity index (χ1) is 8.72. The van der Waals surface area contributed by atoms with Crippen molar-refractivity contribution in [3.8, 4) is 11.5 Å². The molecule has 0 aliphatic rings. The van der Waals surface area contributed by atoms with Crippen LogP contribution >= 0.6 is 0 Å². The molecule has 0 atom stereocenters. The summed E-state index contributed by atoms with van der Waals surface area (Å²) in [6.45, 7) is 2.38. The highest BCUT2D eigenvalue weighted by Gasteiger charge is 2.07. The Bertz CT molecular complexity index is 424. The van der Waals surface area contributed by atoms with Crippen LogP contribution in [0.1, 0.15) is 18.9 Å². The molecule has 98 valence electrons. The van der Waals surface area contributed by atoms with Crippen LogP contribution in [0.15, 0.2) is 24.3 Å². The van der Waals surface area contributed by atoms with E-state index in [2.05, 4.69) is 0 Å². The smallest absolute Gasteiger partial charge is 0.330 e. The number of esters is 1. The van der Waals surface area contributed by atoms with E-state index in [0.29, 0.717) is 18.1 Å². The van der Waals surface area contributed by atoms with Crippen molar-refractivity contribution >= 4 is 12.0 Å². The molecule has 0 bridgehead atoms. The second-order valence-corrected chi connectivity index (χ2v) is 3.58. The average Bonchev–Trinajstić information content (AvgIpc) is 2.41. The number of carbonyl (C=O) groups is 1. The summed E-state index contributed by atoms with van der Waals surface area (Å²) in [6.07, 6.45) is 3.84. The van der Waals surface area contributed by atoms with Gasteiger partial charge < -0.3 is 14.2 Å². The molecule has 0 aliphatic carbocycles. The van der Waals surface area contributed by atoms with Crippen molar-refractivity contribution in [3.05, 3.63) is 29.8 Å². The zero-order valence-electron chi connectivity index (χ0n) is 10.9. The maximum atomic E-state index is 11.3. The Hall–Kier alpha value is -1.97. The number of hydrogen-bond acceptors (Lipinski definition) is 4. The lowest BCUT2D eigenvalue weighted by atomic mass is 10.1. The lowest BCUT2D eigenvalue weighted by Crippen LogP contribution is -2.01. The lowest BCUT2D eigenvalue weighted by Gasteiger charge is -2.09. The number of rotatable bonds is 6. The highest BCUT2D eigenvalue weighted by Crippen LogP contribution is 2.31. The minimum absolute atomic E-state index is 0.360. The van der Waals surface area contributed by atoms with Gasteiger partial charge in [0.05, 0.1) is 20.8 Å². The fraction of sp³-hybridized carbons (Fsp3) is 0.357. The van der Waals surface area contributed by atoms with Gasteiger partial charge in [0.25, 0.3) is 0 Å². The summed E-state index contributed by atoms with van der Waals surface area (Å²) in [4.78, 5) is 11.3. The number of hydrogen-bond donors (Lipinski definition) is 0. The van der Waals surface area contributed by atoms with Gasteiger partial charge in [0.2, 0.25) is 0 Å². The number of ether oxygens (including phenoxy) is 3. The SMILES string of the molecule is CCCOC(=O)C=Cc1cccc(OC)c1OC. The quantitative estimate of drug-likeness (QED) is 0.575. The number of benzene rings is 1. The maximum Gasteiger partial charge on any atom is 0.330 e. The van der Waals surface area contributed by atoms with Crippen molar-refractivity contribution in [2.45, 2.75) is 13.3 Å². The molecule has 0 amide bonds. The third-order valence-corrected chi connectivity index (χ3v) is 2.28. The van der Waals surface area contributed by atoms with Gasteiger partial charge in [0, 0.05) is 11.6 Å². The molecule has 0 spiro atoms. The minimum atomic E-state index is -0.360. The molecule has 4 heteroatoms. The van der Waals surface area contributed by atoms with Crippen LogP contribution in [0.25, 0.3) is 6.08 Å². The van der Waals surface area contributed by atoms with E-state index in [9.17, 15) is 4.79 Å². The monoisotopic (exact) mass is 250 g/mol. The molecule has 1 aromatic carbocycles. The average molecular weight is 250 g/mol. The Kier molecular flexibility index (Phi) is 5.77. The summed E-state index contributed by atoms with van der Waals surface area (Å²) in [5.74, 6) is 0.864. The van der Waals surface area contributed by atoms with Gasteiger partial charge in [-0.3, -0.25) is 0 Å². The first-order valence-corrected chi connectivity index (χ1v) is 5.78. The van der Waals surface area contributed by atoms with Crippen molar-refractivity contribution in [1.29, 1.82) is 0 Å². The Morgan fingerprint density at radius 3 is 2.67 bits per heavy atom. The Labute approximate surface area is 107 Å². The van der Waals surface area contributed by atoms with Crippen LogP contribution in [0.2, 0.25) is 0 Å². The second kappa shape index (κ2) is 7.37. The van der Waals surface area contributed by atoms with E-state index in [0.717, 1.165) is 12.0 Å². The Morgan fingerprint density at radius 1 is 1.28 bits per heavy atom. The predicted octanol–water partition coefficient (Wildman–Crippen LogP) is 2.67. The van der Waals surface area contributed by atoms with Gasteiger partial charge in [0.15, 0.2) is 11.5 Å². The molecule has 0 heterocycles. The molecular weight excluding hydrogens is 232 g/mol. The van der Waals surface area contributed by atoms with E-state index in [-0.39, 0.29) is 5.97 Å². The predicted molar refractivity (Wildman–Crippen MR) is 69.8 cm³/mol. The molecule has 0 unspecified atom stereocenters. The van der Waals surface area contributed by atoms with Crippen LogP contribution in [-0.2, 0) is 9.53 Å². The lowest BCUT2D eigenvalue weighted by molar-refractivity contribution is -0.137. The van der Waals surface area contributed by atoms with E-state index in [1.54, 1.807) is 26.4 Å². The highest BCUT2D eigenvalue weighted by atomic mass is 16.5. The molecule has 0 fully saturated rings. The molecule has 0 saturated heterocycles. The largest absolute Gasteiger partial charge is 0.493 e. The molecule has 0 radical (unpaired) electrons. The third-order valence-electron chi connectivity index (χ3n) is 2.28. The van der Waals surface area contributed by atoms with Gasteiger partial charge >= 0.3 is 5.97 Å². The molecule has 18 heavy (non-hydrogen) atoms. The molecule has 0 aliphatic heterocycles. The van der Waals surface area contributed by atoms with Crippen LogP contribution < -0.4 is 9.47 Å². The first-order valence-electron chi connectivity index (χ1n) is 5.78. The van der Waals surface area contributed by atoms with Gasteiger partial charge in [-0.25, -0.2) is 4.79 Å². The summed E-state index contributed by atoms with van der Waals surface area (Å²) < 4.78 is 15.4. The van der Waals surface area contributed by atoms with Crippen LogP contribution in [0.5, 0.6) is 11.5 Å². The zero-order valence-corrected chi connectivity index (χ0v) is 10.9. The van der Waals surface area contributed by atoms with E-state index in [1.807, 2.05) is 19.1 Å². The maximum absolute atomic E-state index is 11.3. The second-order valence-electron chi connectivity index (χ2n) is 3.58. The fourth-order valence-electron chi connectivity index (χ4n) is 1.45. The van der Waals surface area contributed by atoms with Crippen molar-refractivity contribution < 1.29 is 19.0 Å². The van der Waals surface area contributed by atoms with Crippen molar-refractivity contribution in [3.63, 3.8) is 0 Å². The topological polar surface area (TPSA) is 44.8 Å². The molecule has 0 aromatic heterocycles. The van der Waals surface area contributed by atoms with Crippen molar-refractivity contribution in [2.24, 2.45) is 0 Å². The van der Waals surface area contributed by atoms with Crippen LogP contribution in [-0.4, -0.2) is 26.8 Å². The zero-order chi connectivity index (χ0) is 13.4. The number of carbonyl (C=O) groups excluding carboxylic acids is 1. The van der Waals surface area contributed by atoms with E-state index >= 15 is 0 Å². The highest BCUT2D eigenvalue weighted by molar-refractivity contribution is 5.87. The molecule has 4 nitrogen and oxygen atoms in total. The molecular formula is C14H18O4. The fourth-order valence-corrected chi connectivity index (χ4v) is 1.45. The van der Waals surface area contributed by atoms with Gasteiger partial charge in [-0.1, -0.05) is 19.1 Å². The van der Waals surface area contributed by atoms with Gasteiger partial charge in [-0.2, -0.15) is 0 Å². The molecule has 1 aromatic rings. The van der Waals surface area contributed by atoms with Crippen LogP contribution in [0.3, 0.4) is 0 Å². The van der Waals surface area contributed by atoms with Crippen molar-refractivity contribution in [2.75, 3.05) is 20.8 Å². The van der Waals surface area contributed by atoms with Crippen molar-refractivity contribution in [1.82, 2.24) is 0 Å². The van der Waals surface area contributed by atoms with E-state index in [1.165, 1.54) is 6.08 Å². The van der Waals surface area contributed by atoms with Gasteiger partial charge in [-0.05, 0) is 18.6 Å². The summed E-state index contributed by atoms with van der Waals surface area (Å²) in [5, 5.41) is 0. The molecule has 0 saturated carbocycles. The van der Waals surface area contributed by atoms with Crippen LogP contribution in [0.4, 0.5) is 0 Å². The Morgan fingerprint density at radius 2 is 2.06 bits per heavy atom. The number of para-hydroxylation sites is 1. The molecule has 0 N–H and O–H groups in total. The standard InChI is InChI=1S/C14H18O4/c1-4-10-18-13(15)9-8-11-6-5-7-12(16-2)14(11)17-3/h5-9H,4,10H2,1-3H3. The first kappa shape index (κ1) is 14.1. The third kappa shape index (κ3) is 3.80. The summed E-state index contributed by atoms with van der Waals surface area (Å²) in [5.41, 5.74) is 0.769. The Balaban J connectivity index is 2.83. The summed E-state index contributed by atoms with van der Waals surface area (Å²) >= 11 is 0. The van der Waals surface area contributed by atoms with Crippen LogP contribution in [0, 0.1) is 0 Å².